The summed E-state index contributed by atoms with van der Waals surface area (Å²) in [5.74, 6) is 0. The van der Waals surface area contributed by atoms with Crippen LogP contribution in [-0.2, 0) is 21.3 Å². The third-order valence-corrected chi connectivity index (χ3v) is 5.27. The molecule has 0 amide bonds. The van der Waals surface area contributed by atoms with Gasteiger partial charge in [0, 0.05) is 6.20 Å². The number of nitriles is 1. The minimum atomic E-state index is -4.35. The van der Waals surface area contributed by atoms with Crippen molar-refractivity contribution in [2.75, 3.05) is 0 Å². The van der Waals surface area contributed by atoms with Gasteiger partial charge in [0.25, 0.3) is 10.1 Å². The van der Waals surface area contributed by atoms with E-state index >= 15 is 0 Å². The summed E-state index contributed by atoms with van der Waals surface area (Å²) >= 11 is 0. The molecular weight excluding hydrogens is 290 g/mol. The molecule has 1 aromatic carbocycles. The molecule has 1 heterocycles. The van der Waals surface area contributed by atoms with Gasteiger partial charge in [-0.2, -0.15) is 13.7 Å². The Hall–Kier alpha value is -2.17. The van der Waals surface area contributed by atoms with Crippen molar-refractivity contribution >= 4 is 10.1 Å². The SMILES string of the molecule is CCC(Cc1ccc(C#N)cc1)(c1cnc[nH]1)S(=O)(=O)O. The number of benzene rings is 1. The van der Waals surface area contributed by atoms with Crippen LogP contribution < -0.4 is 0 Å². The van der Waals surface area contributed by atoms with Crippen molar-refractivity contribution in [1.82, 2.24) is 9.97 Å². The van der Waals surface area contributed by atoms with Crippen LogP contribution in [0.3, 0.4) is 0 Å². The lowest BCUT2D eigenvalue weighted by Gasteiger charge is -2.28. The van der Waals surface area contributed by atoms with Gasteiger partial charge in [-0.1, -0.05) is 19.1 Å². The Morgan fingerprint density at radius 1 is 1.38 bits per heavy atom. The zero-order valence-corrected chi connectivity index (χ0v) is 12.3. The Bertz CT molecular complexity index is 746. The summed E-state index contributed by atoms with van der Waals surface area (Å²) in [6, 6.07) is 8.61. The standard InChI is InChI=1S/C14H15N3O3S/c1-2-14(21(18,19)20,13-9-16-10-17-13)7-11-3-5-12(8-15)6-4-11/h3-6,9-10H,2,7H2,1H3,(H,16,17)(H,18,19,20). The first-order chi connectivity index (χ1) is 9.93. The van der Waals surface area contributed by atoms with E-state index in [1.165, 1.54) is 12.5 Å². The normalized spacial score (nSPS) is 14.3. The van der Waals surface area contributed by atoms with Gasteiger partial charge in [-0.25, -0.2) is 4.98 Å². The number of H-pyrrole nitrogens is 1. The quantitative estimate of drug-likeness (QED) is 0.822. The average Bonchev–Trinajstić information content (AvgIpc) is 2.98. The van der Waals surface area contributed by atoms with Crippen molar-refractivity contribution < 1.29 is 13.0 Å². The zero-order chi connectivity index (χ0) is 15.5. The summed E-state index contributed by atoms with van der Waals surface area (Å²) in [7, 11) is -4.35. The summed E-state index contributed by atoms with van der Waals surface area (Å²) in [5, 5.41) is 8.79. The van der Waals surface area contributed by atoms with E-state index in [1.54, 1.807) is 31.2 Å². The summed E-state index contributed by atoms with van der Waals surface area (Å²) < 4.78 is 32.2. The van der Waals surface area contributed by atoms with Gasteiger partial charge in [0.2, 0.25) is 0 Å². The van der Waals surface area contributed by atoms with Crippen molar-refractivity contribution in [1.29, 1.82) is 5.26 Å². The molecule has 110 valence electrons. The maximum absolute atomic E-state index is 12.0. The Kier molecular flexibility index (Phi) is 4.11. The molecule has 2 rings (SSSR count). The second-order valence-corrected chi connectivity index (χ2v) is 6.51. The van der Waals surface area contributed by atoms with Gasteiger partial charge in [-0.05, 0) is 30.5 Å². The lowest BCUT2D eigenvalue weighted by molar-refractivity contribution is 0.411. The van der Waals surface area contributed by atoms with Crippen LogP contribution in [-0.4, -0.2) is 22.9 Å². The monoisotopic (exact) mass is 305 g/mol. The highest BCUT2D eigenvalue weighted by Gasteiger charge is 2.44. The predicted molar refractivity (Wildman–Crippen MR) is 77.0 cm³/mol. The fraction of sp³-hybridized carbons (Fsp3) is 0.286. The maximum atomic E-state index is 12.0. The van der Waals surface area contributed by atoms with Gasteiger partial charge < -0.3 is 4.98 Å². The summed E-state index contributed by atoms with van der Waals surface area (Å²) in [5.41, 5.74) is 1.55. The van der Waals surface area contributed by atoms with Crippen LogP contribution in [0.4, 0.5) is 0 Å². The van der Waals surface area contributed by atoms with Crippen LogP contribution in [0.2, 0.25) is 0 Å². The number of imidazole rings is 1. The summed E-state index contributed by atoms with van der Waals surface area (Å²) in [6.45, 7) is 1.69. The number of nitrogens with zero attached hydrogens (tertiary/aromatic N) is 2. The van der Waals surface area contributed by atoms with Gasteiger partial charge in [-0.3, -0.25) is 4.55 Å². The van der Waals surface area contributed by atoms with E-state index in [0.29, 0.717) is 16.8 Å². The van der Waals surface area contributed by atoms with Gasteiger partial charge in [-0.15, -0.1) is 0 Å². The minimum Gasteiger partial charge on any atom is -0.347 e. The number of nitrogens with one attached hydrogen (secondary N) is 1. The molecule has 1 unspecified atom stereocenters. The molecule has 0 fully saturated rings. The highest BCUT2D eigenvalue weighted by atomic mass is 32.2. The molecule has 0 saturated heterocycles. The topological polar surface area (TPSA) is 107 Å². The van der Waals surface area contributed by atoms with Gasteiger partial charge >= 0.3 is 0 Å². The van der Waals surface area contributed by atoms with Gasteiger partial charge in [0.15, 0.2) is 0 Å². The first-order valence-electron chi connectivity index (χ1n) is 6.38. The van der Waals surface area contributed by atoms with Gasteiger partial charge in [0.05, 0.1) is 23.7 Å². The fourth-order valence-corrected chi connectivity index (χ4v) is 3.46. The summed E-state index contributed by atoms with van der Waals surface area (Å²) in [4.78, 5) is 6.62. The number of aromatic nitrogens is 2. The van der Waals surface area contributed by atoms with Crippen molar-refractivity contribution in [3.63, 3.8) is 0 Å². The Balaban J connectivity index is 2.48. The molecule has 2 N–H and O–H groups in total. The van der Waals surface area contributed by atoms with E-state index in [-0.39, 0.29) is 12.8 Å². The molecular formula is C14H15N3O3S. The molecule has 0 saturated carbocycles. The summed E-state index contributed by atoms with van der Waals surface area (Å²) in [6.07, 6.45) is 3.06. The van der Waals surface area contributed by atoms with E-state index < -0.39 is 14.9 Å². The van der Waals surface area contributed by atoms with Crippen LogP contribution in [0.5, 0.6) is 0 Å². The number of hydrogen-bond acceptors (Lipinski definition) is 4. The Morgan fingerprint density at radius 2 is 2.05 bits per heavy atom. The molecule has 0 aliphatic carbocycles. The number of rotatable bonds is 5. The van der Waals surface area contributed by atoms with E-state index in [9.17, 15) is 13.0 Å². The highest BCUT2D eigenvalue weighted by molar-refractivity contribution is 7.86. The van der Waals surface area contributed by atoms with Crippen LogP contribution in [0.25, 0.3) is 0 Å². The fourth-order valence-electron chi connectivity index (χ4n) is 2.36. The molecule has 1 aromatic heterocycles. The van der Waals surface area contributed by atoms with E-state index in [4.69, 9.17) is 5.26 Å². The molecule has 2 aromatic rings. The largest absolute Gasteiger partial charge is 0.347 e. The first kappa shape index (κ1) is 15.2. The molecule has 0 spiro atoms. The molecule has 6 nitrogen and oxygen atoms in total. The van der Waals surface area contributed by atoms with E-state index in [1.807, 2.05) is 6.07 Å². The van der Waals surface area contributed by atoms with Crippen molar-refractivity contribution in [3.8, 4) is 6.07 Å². The average molecular weight is 305 g/mol. The number of aromatic amines is 1. The Labute approximate surface area is 123 Å². The second-order valence-electron chi connectivity index (χ2n) is 4.77. The molecule has 21 heavy (non-hydrogen) atoms. The Morgan fingerprint density at radius 3 is 2.48 bits per heavy atom. The van der Waals surface area contributed by atoms with Crippen LogP contribution in [0.1, 0.15) is 30.2 Å². The lowest BCUT2D eigenvalue weighted by atomic mass is 9.92. The van der Waals surface area contributed by atoms with Crippen molar-refractivity contribution in [3.05, 3.63) is 53.6 Å². The smallest absolute Gasteiger partial charge is 0.276 e. The zero-order valence-electron chi connectivity index (χ0n) is 11.4. The molecule has 0 aliphatic heterocycles. The van der Waals surface area contributed by atoms with E-state index in [0.717, 1.165) is 0 Å². The van der Waals surface area contributed by atoms with Crippen molar-refractivity contribution in [2.24, 2.45) is 0 Å². The molecule has 0 radical (unpaired) electrons. The van der Waals surface area contributed by atoms with Gasteiger partial charge in [0.1, 0.15) is 4.75 Å². The first-order valence-corrected chi connectivity index (χ1v) is 7.82. The molecule has 0 bridgehead atoms. The van der Waals surface area contributed by atoms with E-state index in [2.05, 4.69) is 9.97 Å². The lowest BCUT2D eigenvalue weighted by Crippen LogP contribution is -2.37. The van der Waals surface area contributed by atoms with Crippen molar-refractivity contribution in [2.45, 2.75) is 24.5 Å². The highest BCUT2D eigenvalue weighted by Crippen LogP contribution is 2.35. The third kappa shape index (κ3) is 2.82. The minimum absolute atomic E-state index is 0.0935. The molecule has 7 heteroatoms. The number of hydrogen-bond donors (Lipinski definition) is 2. The van der Waals surface area contributed by atoms with Crippen LogP contribution in [0.15, 0.2) is 36.8 Å². The second kappa shape index (κ2) is 5.68. The van der Waals surface area contributed by atoms with Crippen LogP contribution >= 0.6 is 0 Å². The predicted octanol–water partition coefficient (Wildman–Crippen LogP) is 2.02. The van der Waals surface area contributed by atoms with Crippen LogP contribution in [0, 0.1) is 11.3 Å². The molecule has 1 atom stereocenters. The maximum Gasteiger partial charge on any atom is 0.276 e. The molecule has 0 aliphatic rings. The third-order valence-electron chi connectivity index (χ3n) is 3.63.